The van der Waals surface area contributed by atoms with Crippen LogP contribution in [-0.2, 0) is 5.41 Å². The molecule has 0 fully saturated rings. The smallest absolute Gasteiger partial charge is 0.0471 e. The quantitative estimate of drug-likeness (QED) is 0.726. The van der Waals surface area contributed by atoms with E-state index < -0.39 is 0 Å². The standard InChI is InChI=1S/C13H14ClN/c1-4-13(2,3)12-7-9-5-6-10(14)8-11(9)15-12/h4-8,15H,1H2,2-3H3. The van der Waals surface area contributed by atoms with Gasteiger partial charge in [0, 0.05) is 21.6 Å². The van der Waals surface area contributed by atoms with Crippen LogP contribution in [0.15, 0.2) is 36.9 Å². The van der Waals surface area contributed by atoms with Gasteiger partial charge in [0.15, 0.2) is 0 Å². The van der Waals surface area contributed by atoms with Gasteiger partial charge in [0.25, 0.3) is 0 Å². The van der Waals surface area contributed by atoms with E-state index in [1.807, 2.05) is 24.3 Å². The monoisotopic (exact) mass is 219 g/mol. The Hall–Kier alpha value is -1.21. The van der Waals surface area contributed by atoms with E-state index in [0.29, 0.717) is 0 Å². The molecule has 1 aromatic heterocycles. The molecule has 0 saturated heterocycles. The Bertz CT molecular complexity index is 508. The van der Waals surface area contributed by atoms with Crippen molar-refractivity contribution in [2.24, 2.45) is 0 Å². The van der Waals surface area contributed by atoms with Gasteiger partial charge in [-0.2, -0.15) is 0 Å². The Labute approximate surface area is 94.8 Å². The van der Waals surface area contributed by atoms with Crippen LogP contribution in [0.3, 0.4) is 0 Å². The van der Waals surface area contributed by atoms with Gasteiger partial charge in [-0.3, -0.25) is 0 Å². The zero-order valence-corrected chi connectivity index (χ0v) is 9.73. The van der Waals surface area contributed by atoms with E-state index >= 15 is 0 Å². The molecule has 0 aliphatic heterocycles. The molecule has 1 heterocycles. The number of H-pyrrole nitrogens is 1. The highest BCUT2D eigenvalue weighted by Crippen LogP contribution is 2.28. The first-order chi connectivity index (χ1) is 7.03. The van der Waals surface area contributed by atoms with Gasteiger partial charge in [0.05, 0.1) is 0 Å². The maximum atomic E-state index is 5.94. The van der Waals surface area contributed by atoms with Crippen molar-refractivity contribution < 1.29 is 0 Å². The minimum atomic E-state index is -0.0362. The molecule has 0 unspecified atom stereocenters. The molecule has 0 atom stereocenters. The molecule has 15 heavy (non-hydrogen) atoms. The number of allylic oxidation sites excluding steroid dienone is 1. The summed E-state index contributed by atoms with van der Waals surface area (Å²) in [5.41, 5.74) is 2.20. The Balaban J connectivity index is 2.61. The van der Waals surface area contributed by atoms with Crippen molar-refractivity contribution in [1.29, 1.82) is 0 Å². The number of hydrogen-bond acceptors (Lipinski definition) is 0. The van der Waals surface area contributed by atoms with Gasteiger partial charge >= 0.3 is 0 Å². The first kappa shape index (κ1) is 10.3. The second kappa shape index (κ2) is 3.42. The summed E-state index contributed by atoms with van der Waals surface area (Å²) in [6.45, 7) is 8.11. The Morgan fingerprint density at radius 1 is 1.33 bits per heavy atom. The van der Waals surface area contributed by atoms with Crippen LogP contribution in [0, 0.1) is 0 Å². The van der Waals surface area contributed by atoms with Crippen LogP contribution < -0.4 is 0 Å². The molecule has 1 nitrogen and oxygen atoms in total. The van der Waals surface area contributed by atoms with E-state index in [9.17, 15) is 0 Å². The number of aromatic nitrogens is 1. The maximum Gasteiger partial charge on any atom is 0.0471 e. The lowest BCUT2D eigenvalue weighted by molar-refractivity contribution is 0.652. The van der Waals surface area contributed by atoms with Crippen molar-refractivity contribution >= 4 is 22.5 Å². The Kier molecular flexibility index (Phi) is 2.35. The molecule has 0 aliphatic carbocycles. The Morgan fingerprint density at radius 2 is 2.07 bits per heavy atom. The molecule has 1 aromatic carbocycles. The highest BCUT2D eigenvalue weighted by molar-refractivity contribution is 6.31. The maximum absolute atomic E-state index is 5.94. The number of nitrogens with one attached hydrogen (secondary N) is 1. The van der Waals surface area contributed by atoms with Crippen LogP contribution in [0.5, 0.6) is 0 Å². The highest BCUT2D eigenvalue weighted by Gasteiger charge is 2.18. The van der Waals surface area contributed by atoms with Crippen molar-refractivity contribution in [3.63, 3.8) is 0 Å². The van der Waals surface area contributed by atoms with Crippen molar-refractivity contribution in [2.75, 3.05) is 0 Å². The molecule has 78 valence electrons. The van der Waals surface area contributed by atoms with Gasteiger partial charge in [0.1, 0.15) is 0 Å². The zero-order valence-electron chi connectivity index (χ0n) is 8.97. The van der Waals surface area contributed by atoms with Gasteiger partial charge in [-0.1, -0.05) is 37.6 Å². The molecule has 0 aliphatic rings. The minimum absolute atomic E-state index is 0.0362. The predicted molar refractivity (Wildman–Crippen MR) is 66.5 cm³/mol. The van der Waals surface area contributed by atoms with Gasteiger partial charge in [-0.15, -0.1) is 6.58 Å². The fourth-order valence-electron chi connectivity index (χ4n) is 1.56. The average molecular weight is 220 g/mol. The lowest BCUT2D eigenvalue weighted by Gasteiger charge is -2.17. The summed E-state index contributed by atoms with van der Waals surface area (Å²) in [4.78, 5) is 3.37. The molecule has 2 rings (SSSR count). The molecule has 2 aromatic rings. The molecule has 2 heteroatoms. The first-order valence-electron chi connectivity index (χ1n) is 4.95. The van der Waals surface area contributed by atoms with E-state index in [1.54, 1.807) is 0 Å². The van der Waals surface area contributed by atoms with Gasteiger partial charge in [-0.05, 0) is 23.6 Å². The average Bonchev–Trinajstić information content (AvgIpc) is 2.61. The number of benzene rings is 1. The fraction of sp³-hybridized carbons (Fsp3) is 0.231. The summed E-state index contributed by atoms with van der Waals surface area (Å²) in [6.07, 6.45) is 1.94. The molecule has 0 radical (unpaired) electrons. The summed E-state index contributed by atoms with van der Waals surface area (Å²) in [5, 5.41) is 1.94. The third kappa shape index (κ3) is 1.80. The van der Waals surface area contributed by atoms with Crippen LogP contribution in [-0.4, -0.2) is 4.98 Å². The summed E-state index contributed by atoms with van der Waals surface area (Å²) in [5.74, 6) is 0. The number of aromatic amines is 1. The van der Waals surface area contributed by atoms with Crippen LogP contribution >= 0.6 is 11.6 Å². The number of hydrogen-bond donors (Lipinski definition) is 1. The molecule has 1 N–H and O–H groups in total. The van der Waals surface area contributed by atoms with Crippen LogP contribution in [0.4, 0.5) is 0 Å². The SMILES string of the molecule is C=CC(C)(C)c1cc2ccc(Cl)cc2[nH]1. The topological polar surface area (TPSA) is 15.8 Å². The van der Waals surface area contributed by atoms with Crippen molar-refractivity contribution in [3.8, 4) is 0 Å². The molecular formula is C13H14ClN. The van der Waals surface area contributed by atoms with Crippen LogP contribution in [0.2, 0.25) is 5.02 Å². The molecule has 0 spiro atoms. The van der Waals surface area contributed by atoms with Crippen molar-refractivity contribution in [2.45, 2.75) is 19.3 Å². The third-order valence-electron chi connectivity index (χ3n) is 2.79. The van der Waals surface area contributed by atoms with E-state index in [0.717, 1.165) is 16.2 Å². The lowest BCUT2D eigenvalue weighted by atomic mass is 9.90. The molecule has 0 saturated carbocycles. The summed E-state index contributed by atoms with van der Waals surface area (Å²) in [6, 6.07) is 8.02. The van der Waals surface area contributed by atoms with Gasteiger partial charge in [0.2, 0.25) is 0 Å². The molecule has 0 bridgehead atoms. The van der Waals surface area contributed by atoms with Crippen LogP contribution in [0.1, 0.15) is 19.5 Å². The normalized spacial score (nSPS) is 11.9. The lowest BCUT2D eigenvalue weighted by Crippen LogP contribution is -2.12. The van der Waals surface area contributed by atoms with Crippen molar-refractivity contribution in [1.82, 2.24) is 4.98 Å². The van der Waals surface area contributed by atoms with Gasteiger partial charge < -0.3 is 4.98 Å². The predicted octanol–water partition coefficient (Wildman–Crippen LogP) is 4.28. The number of fused-ring (bicyclic) bond motifs is 1. The summed E-state index contributed by atoms with van der Waals surface area (Å²) >= 11 is 5.94. The van der Waals surface area contributed by atoms with E-state index in [4.69, 9.17) is 11.6 Å². The summed E-state index contributed by atoms with van der Waals surface area (Å²) < 4.78 is 0. The van der Waals surface area contributed by atoms with Gasteiger partial charge in [-0.25, -0.2) is 0 Å². The summed E-state index contributed by atoms with van der Waals surface area (Å²) in [7, 11) is 0. The minimum Gasteiger partial charge on any atom is -0.358 e. The second-order valence-electron chi connectivity index (χ2n) is 4.34. The second-order valence-corrected chi connectivity index (χ2v) is 4.78. The van der Waals surface area contributed by atoms with E-state index in [1.165, 1.54) is 5.39 Å². The fourth-order valence-corrected chi connectivity index (χ4v) is 1.73. The van der Waals surface area contributed by atoms with Crippen LogP contribution in [0.25, 0.3) is 10.9 Å². The van der Waals surface area contributed by atoms with E-state index in [2.05, 4.69) is 31.5 Å². The first-order valence-corrected chi connectivity index (χ1v) is 5.33. The Morgan fingerprint density at radius 3 is 2.73 bits per heavy atom. The van der Waals surface area contributed by atoms with E-state index in [-0.39, 0.29) is 5.41 Å². The molecular weight excluding hydrogens is 206 g/mol. The van der Waals surface area contributed by atoms with Crippen molar-refractivity contribution in [3.05, 3.63) is 47.6 Å². The third-order valence-corrected chi connectivity index (χ3v) is 3.02. The largest absolute Gasteiger partial charge is 0.358 e. The highest BCUT2D eigenvalue weighted by atomic mass is 35.5. The molecule has 0 amide bonds. The number of halogens is 1. The number of rotatable bonds is 2. The zero-order chi connectivity index (χ0) is 11.1.